The Hall–Kier alpha value is -1.10. The van der Waals surface area contributed by atoms with Crippen molar-refractivity contribution in [3.8, 4) is 0 Å². The minimum atomic E-state index is -0.371. The maximum absolute atomic E-state index is 12.1. The molecular weight excluding hydrogens is 285 g/mol. The van der Waals surface area contributed by atoms with Crippen molar-refractivity contribution in [2.45, 2.75) is 6.54 Å². The first kappa shape index (κ1) is 12.4. The average molecular weight is 300 g/mol. The van der Waals surface area contributed by atoms with Crippen molar-refractivity contribution in [1.82, 2.24) is 10.2 Å². The average Bonchev–Trinajstić information content (AvgIpc) is 2.74. The van der Waals surface area contributed by atoms with Crippen LogP contribution < -0.4 is 5.32 Å². The number of nitrogens with one attached hydrogen (secondary N) is 1. The maximum atomic E-state index is 12.1. The molecule has 1 heterocycles. The lowest BCUT2D eigenvalue weighted by atomic mass is 10.2. The van der Waals surface area contributed by atoms with Gasteiger partial charge in [0.15, 0.2) is 5.96 Å². The van der Waals surface area contributed by atoms with Gasteiger partial charge in [0.25, 0.3) is 0 Å². The molecule has 0 radical (unpaired) electrons. The summed E-state index contributed by atoms with van der Waals surface area (Å²) in [4.78, 5) is 6.46. The SMILES string of the molecule is FCCNC1=NCCN1Cc1cccc(Br)c1. The second kappa shape index (κ2) is 6.00. The first-order valence-electron chi connectivity index (χ1n) is 5.63. The molecule has 17 heavy (non-hydrogen) atoms. The van der Waals surface area contributed by atoms with E-state index in [2.05, 4.69) is 43.3 Å². The van der Waals surface area contributed by atoms with Crippen LogP contribution >= 0.6 is 15.9 Å². The fourth-order valence-corrected chi connectivity index (χ4v) is 2.27. The van der Waals surface area contributed by atoms with E-state index in [4.69, 9.17) is 0 Å². The Morgan fingerprint density at radius 2 is 2.35 bits per heavy atom. The third-order valence-corrected chi connectivity index (χ3v) is 3.06. The highest BCUT2D eigenvalue weighted by molar-refractivity contribution is 9.10. The van der Waals surface area contributed by atoms with Gasteiger partial charge in [0.1, 0.15) is 6.67 Å². The highest BCUT2D eigenvalue weighted by Crippen LogP contribution is 2.14. The van der Waals surface area contributed by atoms with Crippen LogP contribution in [-0.2, 0) is 6.54 Å². The van der Waals surface area contributed by atoms with Crippen molar-refractivity contribution >= 4 is 21.9 Å². The zero-order chi connectivity index (χ0) is 12.1. The van der Waals surface area contributed by atoms with Crippen molar-refractivity contribution < 1.29 is 4.39 Å². The molecule has 0 bridgehead atoms. The van der Waals surface area contributed by atoms with Crippen molar-refractivity contribution in [3.05, 3.63) is 34.3 Å². The van der Waals surface area contributed by atoms with E-state index in [1.165, 1.54) is 5.56 Å². The first-order valence-corrected chi connectivity index (χ1v) is 6.42. The van der Waals surface area contributed by atoms with Gasteiger partial charge in [-0.15, -0.1) is 0 Å². The molecule has 1 N–H and O–H groups in total. The highest BCUT2D eigenvalue weighted by atomic mass is 79.9. The fourth-order valence-electron chi connectivity index (χ4n) is 1.82. The second-order valence-electron chi connectivity index (χ2n) is 3.87. The van der Waals surface area contributed by atoms with Crippen LogP contribution in [0.5, 0.6) is 0 Å². The van der Waals surface area contributed by atoms with E-state index in [0.29, 0.717) is 6.54 Å². The van der Waals surface area contributed by atoms with E-state index in [-0.39, 0.29) is 6.67 Å². The molecule has 3 nitrogen and oxygen atoms in total. The number of hydrogen-bond donors (Lipinski definition) is 1. The lowest BCUT2D eigenvalue weighted by Crippen LogP contribution is -2.38. The van der Waals surface area contributed by atoms with Gasteiger partial charge >= 0.3 is 0 Å². The molecule has 1 aromatic carbocycles. The molecule has 0 aromatic heterocycles. The molecule has 92 valence electrons. The fraction of sp³-hybridized carbons (Fsp3) is 0.417. The summed E-state index contributed by atoms with van der Waals surface area (Å²) in [6.45, 7) is 2.43. The number of nitrogens with zero attached hydrogens (tertiary/aromatic N) is 2. The van der Waals surface area contributed by atoms with E-state index in [0.717, 1.165) is 30.1 Å². The van der Waals surface area contributed by atoms with Crippen LogP contribution in [0.15, 0.2) is 33.7 Å². The number of benzene rings is 1. The molecule has 0 saturated heterocycles. The summed E-state index contributed by atoms with van der Waals surface area (Å²) in [5.41, 5.74) is 1.22. The van der Waals surface area contributed by atoms with Crippen LogP contribution in [0.3, 0.4) is 0 Å². The molecule has 0 fully saturated rings. The van der Waals surface area contributed by atoms with Crippen LogP contribution in [0.2, 0.25) is 0 Å². The van der Waals surface area contributed by atoms with Crippen molar-refractivity contribution in [3.63, 3.8) is 0 Å². The van der Waals surface area contributed by atoms with Crippen molar-refractivity contribution in [2.75, 3.05) is 26.3 Å². The molecule has 1 aliphatic heterocycles. The number of rotatable bonds is 4. The molecule has 0 saturated carbocycles. The molecule has 1 aromatic rings. The third kappa shape index (κ3) is 3.43. The quantitative estimate of drug-likeness (QED) is 0.923. The summed E-state index contributed by atoms with van der Waals surface area (Å²) in [6, 6.07) is 8.19. The normalized spacial score (nSPS) is 14.9. The Kier molecular flexibility index (Phi) is 4.36. The number of hydrogen-bond acceptors (Lipinski definition) is 3. The monoisotopic (exact) mass is 299 g/mol. The van der Waals surface area contributed by atoms with Crippen LogP contribution in [-0.4, -0.2) is 37.2 Å². The summed E-state index contributed by atoms with van der Waals surface area (Å²) in [5.74, 6) is 0.808. The van der Waals surface area contributed by atoms with Crippen molar-refractivity contribution in [2.24, 2.45) is 4.99 Å². The number of halogens is 2. The Morgan fingerprint density at radius 1 is 1.47 bits per heavy atom. The molecule has 0 atom stereocenters. The molecule has 0 aliphatic carbocycles. The topological polar surface area (TPSA) is 27.6 Å². The van der Waals surface area contributed by atoms with Crippen molar-refractivity contribution in [1.29, 1.82) is 0 Å². The minimum absolute atomic E-state index is 0.327. The van der Waals surface area contributed by atoms with Crippen LogP contribution in [0.25, 0.3) is 0 Å². The van der Waals surface area contributed by atoms with Gasteiger partial charge in [-0.2, -0.15) is 0 Å². The summed E-state index contributed by atoms with van der Waals surface area (Å²) in [5, 5.41) is 3.01. The van der Waals surface area contributed by atoms with E-state index in [9.17, 15) is 4.39 Å². The lowest BCUT2D eigenvalue weighted by molar-refractivity contribution is 0.426. The standard InChI is InChI=1S/C12H15BrFN3/c13-11-3-1-2-10(8-11)9-17-7-6-16-12(17)15-5-4-14/h1-3,8H,4-7,9H2,(H,15,16). The van der Waals surface area contributed by atoms with Gasteiger partial charge in [-0.05, 0) is 17.7 Å². The Morgan fingerprint density at radius 3 is 3.12 bits per heavy atom. The smallest absolute Gasteiger partial charge is 0.194 e. The zero-order valence-corrected chi connectivity index (χ0v) is 11.1. The molecule has 5 heteroatoms. The van der Waals surface area contributed by atoms with Crippen LogP contribution in [0.4, 0.5) is 4.39 Å². The summed E-state index contributed by atoms with van der Waals surface area (Å²) < 4.78 is 13.2. The Bertz CT molecular complexity index is 408. The molecule has 0 amide bonds. The van der Waals surface area contributed by atoms with Gasteiger partial charge in [0.05, 0.1) is 6.54 Å². The minimum Gasteiger partial charge on any atom is -0.354 e. The van der Waals surface area contributed by atoms with Gasteiger partial charge in [-0.25, -0.2) is 4.39 Å². The van der Waals surface area contributed by atoms with E-state index in [1.54, 1.807) is 0 Å². The van der Waals surface area contributed by atoms with Gasteiger partial charge in [0.2, 0.25) is 0 Å². The number of alkyl halides is 1. The summed E-state index contributed by atoms with van der Waals surface area (Å²) in [7, 11) is 0. The maximum Gasteiger partial charge on any atom is 0.194 e. The number of guanidine groups is 1. The van der Waals surface area contributed by atoms with E-state index >= 15 is 0 Å². The predicted octanol–water partition coefficient (Wildman–Crippen LogP) is 2.18. The van der Waals surface area contributed by atoms with Crippen LogP contribution in [0, 0.1) is 0 Å². The Balaban J connectivity index is 1.96. The predicted molar refractivity (Wildman–Crippen MR) is 70.8 cm³/mol. The van der Waals surface area contributed by atoms with E-state index in [1.807, 2.05) is 12.1 Å². The second-order valence-corrected chi connectivity index (χ2v) is 4.79. The molecule has 2 rings (SSSR count). The third-order valence-electron chi connectivity index (χ3n) is 2.57. The lowest BCUT2D eigenvalue weighted by Gasteiger charge is -2.20. The number of aliphatic imine (C=N–C) groups is 1. The summed E-state index contributed by atoms with van der Waals surface area (Å²) >= 11 is 3.45. The highest BCUT2D eigenvalue weighted by Gasteiger charge is 2.16. The van der Waals surface area contributed by atoms with Gasteiger partial charge in [0, 0.05) is 24.1 Å². The van der Waals surface area contributed by atoms with Gasteiger partial charge in [-0.1, -0.05) is 28.1 Å². The zero-order valence-electron chi connectivity index (χ0n) is 9.50. The molecule has 0 spiro atoms. The Labute approximate surface area is 109 Å². The first-order chi connectivity index (χ1) is 8.29. The van der Waals surface area contributed by atoms with E-state index < -0.39 is 0 Å². The van der Waals surface area contributed by atoms with Gasteiger partial charge in [-0.3, -0.25) is 4.99 Å². The van der Waals surface area contributed by atoms with Crippen LogP contribution in [0.1, 0.15) is 5.56 Å². The molecule has 1 aliphatic rings. The largest absolute Gasteiger partial charge is 0.354 e. The molecular formula is C12H15BrFN3. The molecule has 0 unspecified atom stereocenters. The summed E-state index contributed by atoms with van der Waals surface area (Å²) in [6.07, 6.45) is 0. The van der Waals surface area contributed by atoms with Gasteiger partial charge < -0.3 is 10.2 Å².